The standard InChI is InChI=1S/2C12H8N2.6C12H16O2.2Er/c2*1-3-9-5-6-10-4-2-8-14-12(10)11(9)13-7-1;6*1-2-3-4-5-10-6-8-11(9-7-10)12(13)14;;/h2*1-8H;6*6-9H,2-5H2,1H3,(H,13,14);;/q;;;;;;;;2*+3/p-6. The monoisotopic (exact) mass is 1840 g/mol. The summed E-state index contributed by atoms with van der Waals surface area (Å²) in [5, 5.41) is 67.3. The number of pyridine rings is 4. The predicted molar refractivity (Wildman–Crippen MR) is 438 cm³/mol. The van der Waals surface area contributed by atoms with Crippen molar-refractivity contribution in [1.29, 1.82) is 0 Å². The van der Waals surface area contributed by atoms with E-state index < -0.39 is 35.8 Å². The number of aryl methyl sites for hydroxylation is 6. The van der Waals surface area contributed by atoms with Crippen LogP contribution in [0.5, 0.6) is 0 Å². The zero-order valence-corrected chi connectivity index (χ0v) is 70.0. The molecule has 0 bridgehead atoms. The first-order chi connectivity index (χ1) is 54.3. The molecule has 8 aromatic carbocycles. The SMILES string of the molecule is CCCCCc1ccc(C(=O)[O-])cc1.CCCCCc1ccc(C(=O)[O-])cc1.CCCCCc1ccc(C(=O)[O-])cc1.CCCCCc1ccc(C(=O)[O-])cc1.CCCCCc1ccc(C(=O)[O-])cc1.CCCCCc1ccc(C(=O)[O-])cc1.[Er+3].[Er+3].c1cnc2c(c1)ccc1cccnc12.c1cnc2c(c1)ccc1cccnc12. The molecule has 2 radical (unpaired) electrons. The van der Waals surface area contributed by atoms with Gasteiger partial charge in [-0.3, -0.25) is 19.9 Å². The predicted octanol–water partition coefficient (Wildman–Crippen LogP) is 16.3. The van der Waals surface area contributed by atoms with Gasteiger partial charge in [-0.25, -0.2) is 0 Å². The summed E-state index contributed by atoms with van der Waals surface area (Å²) in [6.45, 7) is 13.0. The smallest absolute Gasteiger partial charge is 0.545 e. The molecule has 0 atom stereocenters. The largest absolute Gasteiger partial charge is 3.00 e. The number of unbranched alkanes of at least 4 members (excludes halogenated alkanes) is 12. The summed E-state index contributed by atoms with van der Waals surface area (Å²) in [5.74, 6) is -6.64. The Hall–Kier alpha value is -9.29. The first kappa shape index (κ1) is 98.9. The topological polar surface area (TPSA) is 292 Å². The van der Waals surface area contributed by atoms with Crippen LogP contribution in [0.3, 0.4) is 0 Å². The maximum atomic E-state index is 10.5. The van der Waals surface area contributed by atoms with Crippen molar-refractivity contribution in [3.8, 4) is 0 Å². The summed E-state index contributed by atoms with van der Waals surface area (Å²) in [4.78, 5) is 80.2. The number of hydrogen-bond donors (Lipinski definition) is 0. The molecule has 12 rings (SSSR count). The number of nitrogens with zero attached hydrogens (tertiary/aromatic N) is 4. The van der Waals surface area contributed by atoms with Crippen molar-refractivity contribution >= 4 is 79.4 Å². The second-order valence-corrected chi connectivity index (χ2v) is 27.1. The van der Waals surface area contributed by atoms with Crippen LogP contribution in [0.2, 0.25) is 0 Å². The van der Waals surface area contributed by atoms with Crippen molar-refractivity contribution < 1.29 is 134 Å². The van der Waals surface area contributed by atoms with Crippen LogP contribution in [0.25, 0.3) is 43.6 Å². The zero-order valence-electron chi connectivity index (χ0n) is 66.3. The third kappa shape index (κ3) is 38.2. The van der Waals surface area contributed by atoms with E-state index in [0.29, 0.717) is 0 Å². The Morgan fingerprint density at radius 2 is 0.351 bits per heavy atom. The number of carbonyl (C=O) groups excluding carboxylic acids is 6. The molecule has 0 aliphatic rings. The van der Waals surface area contributed by atoms with Gasteiger partial charge in [0.15, 0.2) is 0 Å². The fraction of sp³-hybridized carbons (Fsp3) is 0.312. The molecule has 18 heteroatoms. The quantitative estimate of drug-likeness (QED) is 0.0298. The first-order valence-electron chi connectivity index (χ1n) is 39.3. The second-order valence-electron chi connectivity index (χ2n) is 27.1. The molecule has 0 amide bonds. The number of carbonyl (C=O) groups is 6. The normalized spacial score (nSPS) is 10.1. The van der Waals surface area contributed by atoms with Gasteiger partial charge in [-0.2, -0.15) is 0 Å². The van der Waals surface area contributed by atoms with Crippen LogP contribution in [-0.4, -0.2) is 55.8 Å². The molecule has 0 aliphatic carbocycles. The molecular formula is C96H106Er2N4O12. The molecule has 0 fully saturated rings. The minimum atomic E-state index is -1.11. The molecule has 606 valence electrons. The van der Waals surface area contributed by atoms with E-state index in [1.54, 1.807) is 97.6 Å². The van der Waals surface area contributed by atoms with Gasteiger partial charge in [0.25, 0.3) is 0 Å². The van der Waals surface area contributed by atoms with E-state index in [-0.39, 0.29) is 108 Å². The Kier molecular flexibility index (Phi) is 50.8. The molecule has 0 aliphatic heterocycles. The van der Waals surface area contributed by atoms with Crippen molar-refractivity contribution in [1.82, 2.24) is 19.9 Å². The summed E-state index contributed by atoms with van der Waals surface area (Å²) in [7, 11) is 0. The number of aromatic nitrogens is 4. The molecule has 0 spiro atoms. The summed E-state index contributed by atoms with van der Waals surface area (Å²) in [5.41, 5.74) is 12.6. The second kappa shape index (κ2) is 58.5. The van der Waals surface area contributed by atoms with Crippen molar-refractivity contribution in [2.24, 2.45) is 0 Å². The average molecular weight is 1840 g/mol. The van der Waals surface area contributed by atoms with Crippen LogP contribution in [0.1, 0.15) is 253 Å². The minimum Gasteiger partial charge on any atom is -0.545 e. The molecule has 0 unspecified atom stereocenters. The molecule has 114 heavy (non-hydrogen) atoms. The number of benzene rings is 8. The molecule has 4 heterocycles. The fourth-order valence-corrected chi connectivity index (χ4v) is 11.7. The summed E-state index contributed by atoms with van der Waals surface area (Å²) in [6.07, 6.45) is 35.0. The number of fused-ring (bicyclic) bond motifs is 6. The minimum absolute atomic E-state index is 0. The van der Waals surface area contributed by atoms with Crippen LogP contribution in [-0.2, 0) is 38.5 Å². The van der Waals surface area contributed by atoms with Gasteiger partial charge in [0.05, 0.1) is 57.9 Å². The zero-order chi connectivity index (χ0) is 81.1. The van der Waals surface area contributed by atoms with Gasteiger partial charge >= 0.3 is 74.6 Å². The third-order valence-electron chi connectivity index (χ3n) is 18.2. The van der Waals surface area contributed by atoms with Gasteiger partial charge < -0.3 is 59.4 Å². The number of hydrogen-bond acceptors (Lipinski definition) is 16. The number of aromatic carboxylic acids is 6. The Morgan fingerprint density at radius 3 is 0.474 bits per heavy atom. The molecule has 0 saturated heterocycles. The summed E-state index contributed by atoms with van der Waals surface area (Å²) < 4.78 is 0. The van der Waals surface area contributed by atoms with E-state index in [4.69, 9.17) is 0 Å². The maximum Gasteiger partial charge on any atom is 3.00 e. The Bertz CT molecular complexity index is 4020. The van der Waals surface area contributed by atoms with Gasteiger partial charge in [-0.05, 0) is 168 Å². The van der Waals surface area contributed by atoms with Gasteiger partial charge in [0.1, 0.15) is 0 Å². The molecule has 0 saturated carbocycles. The summed E-state index contributed by atoms with van der Waals surface area (Å²) >= 11 is 0. The molecule has 16 nitrogen and oxygen atoms in total. The maximum absolute atomic E-state index is 10.5. The van der Waals surface area contributed by atoms with E-state index >= 15 is 0 Å². The summed E-state index contributed by atoms with van der Waals surface area (Å²) in [6, 6.07) is 65.9. The van der Waals surface area contributed by atoms with E-state index in [0.717, 1.165) is 82.1 Å². The number of rotatable bonds is 30. The molecule has 4 aromatic heterocycles. The third-order valence-corrected chi connectivity index (χ3v) is 18.2. The van der Waals surface area contributed by atoms with Crippen LogP contribution < -0.4 is 30.6 Å². The van der Waals surface area contributed by atoms with Gasteiger partial charge in [0, 0.05) is 46.3 Å². The van der Waals surface area contributed by atoms with Gasteiger partial charge in [-0.15, -0.1) is 0 Å². The average Bonchev–Trinajstić information content (AvgIpc) is 0.802. The van der Waals surface area contributed by atoms with Crippen LogP contribution in [0.15, 0.2) is 243 Å². The van der Waals surface area contributed by atoms with Gasteiger partial charge in [0.2, 0.25) is 0 Å². The van der Waals surface area contributed by atoms with Crippen molar-refractivity contribution in [3.63, 3.8) is 0 Å². The van der Waals surface area contributed by atoms with Crippen molar-refractivity contribution in [2.45, 2.75) is 196 Å². The number of carboxylic acids is 6. The molecule has 12 aromatic rings. The Morgan fingerprint density at radius 1 is 0.211 bits per heavy atom. The van der Waals surface area contributed by atoms with Crippen molar-refractivity contribution in [2.75, 3.05) is 0 Å². The first-order valence-corrected chi connectivity index (χ1v) is 39.3. The van der Waals surface area contributed by atoms with Crippen LogP contribution in [0, 0.1) is 74.6 Å². The fourth-order valence-electron chi connectivity index (χ4n) is 11.7. The van der Waals surface area contributed by atoms with Gasteiger partial charge in [-0.1, -0.05) is 313 Å². The van der Waals surface area contributed by atoms with Crippen molar-refractivity contribution in [3.05, 3.63) is 310 Å². The Balaban J connectivity index is 0.000000336. The van der Waals surface area contributed by atoms with E-state index in [2.05, 4.69) is 110 Å². The van der Waals surface area contributed by atoms with E-state index in [1.165, 1.54) is 149 Å². The Labute approximate surface area is 732 Å². The van der Waals surface area contributed by atoms with Crippen LogP contribution in [0.4, 0.5) is 0 Å². The molecule has 0 N–H and O–H groups in total. The molecular weight excluding hydrogens is 1740 g/mol. The van der Waals surface area contributed by atoms with E-state index in [9.17, 15) is 59.4 Å². The van der Waals surface area contributed by atoms with E-state index in [1.807, 2.05) is 97.1 Å². The van der Waals surface area contributed by atoms with Crippen LogP contribution >= 0.6 is 0 Å². The number of carboxylic acid groups (broad SMARTS) is 6.